The maximum absolute atomic E-state index is 13.4. The number of hydrogen-bond donors (Lipinski definition) is 8. The summed E-state index contributed by atoms with van der Waals surface area (Å²) in [6, 6.07) is -1.23. The SMILES string of the molecule is CC(C)/C=C/[C@@H](C[C@@H]1O[C@](O)(C[C@@H](O)C(C)C)C[C@H](O)[C@H]1C(=O)N[C@H]1C[C@@H](O)C1)OC1OC(C)C(O)C(N)C1O. The third kappa shape index (κ3) is 8.43. The molecular formula is C28H50N2O10. The predicted molar refractivity (Wildman–Crippen MR) is 144 cm³/mol. The van der Waals surface area contributed by atoms with E-state index < -0.39 is 78.8 Å². The van der Waals surface area contributed by atoms with Gasteiger partial charge in [0.2, 0.25) is 5.91 Å². The second-order valence-electron chi connectivity index (χ2n) is 12.6. The molecule has 12 heteroatoms. The van der Waals surface area contributed by atoms with Crippen LogP contribution in [0.5, 0.6) is 0 Å². The quantitative estimate of drug-likeness (QED) is 0.144. The average Bonchev–Trinajstić information content (AvgIpc) is 2.82. The van der Waals surface area contributed by atoms with Crippen molar-refractivity contribution < 1.29 is 49.6 Å². The number of carbonyl (C=O) groups excluding carboxylic acids is 1. The standard InChI is InChI=1S/C28H50N2O10/c1-13(2)6-7-18(39-27-25(35)23(29)24(34)15(5)38-27)10-21-22(26(36)30-16-8-17(31)9-16)20(33)12-28(37,40-21)11-19(32)14(3)4/h6-7,13-25,27,31-35,37H,8-12,29H2,1-5H3,(H,30,36)/b7-6+/t15?,16-,17+,18-,19+,20-,21-,22+,23?,24?,25?,27?,28+/m0/s1. The topological polar surface area (TPSA) is 204 Å². The lowest BCUT2D eigenvalue weighted by Crippen LogP contribution is -2.62. The van der Waals surface area contributed by atoms with Gasteiger partial charge in [0, 0.05) is 25.3 Å². The third-order valence-corrected chi connectivity index (χ3v) is 8.16. The fraction of sp³-hybridized carbons (Fsp3) is 0.893. The van der Waals surface area contributed by atoms with Crippen molar-refractivity contribution >= 4 is 5.91 Å². The Kier molecular flexibility index (Phi) is 11.5. The van der Waals surface area contributed by atoms with Gasteiger partial charge in [-0.25, -0.2) is 0 Å². The molecule has 0 radical (unpaired) electrons. The molecule has 1 saturated carbocycles. The van der Waals surface area contributed by atoms with Crippen molar-refractivity contribution in [1.82, 2.24) is 5.32 Å². The lowest BCUT2D eigenvalue weighted by molar-refractivity contribution is -0.307. The van der Waals surface area contributed by atoms with E-state index in [1.54, 1.807) is 26.8 Å². The van der Waals surface area contributed by atoms with E-state index in [4.69, 9.17) is 19.9 Å². The Hall–Kier alpha value is -1.19. The minimum absolute atomic E-state index is 0.00943. The minimum atomic E-state index is -1.90. The molecule has 2 heterocycles. The summed E-state index contributed by atoms with van der Waals surface area (Å²) in [5.41, 5.74) is 5.98. The van der Waals surface area contributed by atoms with Gasteiger partial charge >= 0.3 is 0 Å². The molecule has 3 rings (SSSR count). The zero-order chi connectivity index (χ0) is 29.9. The molecule has 0 aromatic carbocycles. The second-order valence-corrected chi connectivity index (χ2v) is 12.6. The Morgan fingerprint density at radius 1 is 1.12 bits per heavy atom. The molecule has 0 aromatic rings. The highest BCUT2D eigenvalue weighted by Gasteiger charge is 2.51. The zero-order valence-electron chi connectivity index (χ0n) is 24.2. The van der Waals surface area contributed by atoms with E-state index in [1.807, 2.05) is 19.9 Å². The van der Waals surface area contributed by atoms with Crippen molar-refractivity contribution in [1.29, 1.82) is 0 Å². The molecule has 12 nitrogen and oxygen atoms in total. The number of aliphatic hydroxyl groups is 6. The minimum Gasteiger partial charge on any atom is -0.393 e. The first-order valence-electron chi connectivity index (χ1n) is 14.5. The van der Waals surface area contributed by atoms with Crippen LogP contribution in [0.15, 0.2) is 12.2 Å². The fourth-order valence-corrected chi connectivity index (χ4v) is 5.45. The number of hydrogen-bond acceptors (Lipinski definition) is 11. The predicted octanol–water partition coefficient (Wildman–Crippen LogP) is -0.731. The maximum atomic E-state index is 13.4. The van der Waals surface area contributed by atoms with Gasteiger partial charge in [-0.3, -0.25) is 4.79 Å². The van der Waals surface area contributed by atoms with Crippen LogP contribution in [0, 0.1) is 17.8 Å². The number of amides is 1. The first kappa shape index (κ1) is 33.3. The Labute approximate surface area is 236 Å². The van der Waals surface area contributed by atoms with E-state index in [-0.39, 0.29) is 37.1 Å². The molecule has 2 aliphatic heterocycles. The van der Waals surface area contributed by atoms with Crippen LogP contribution in [0.1, 0.15) is 66.7 Å². The summed E-state index contributed by atoms with van der Waals surface area (Å²) in [5.74, 6) is -3.49. The van der Waals surface area contributed by atoms with Gasteiger partial charge in [0.1, 0.15) is 6.10 Å². The van der Waals surface area contributed by atoms with Crippen molar-refractivity contribution in [3.05, 3.63) is 12.2 Å². The highest BCUT2D eigenvalue weighted by molar-refractivity contribution is 5.80. The monoisotopic (exact) mass is 574 g/mol. The molecule has 3 fully saturated rings. The zero-order valence-corrected chi connectivity index (χ0v) is 24.2. The second kappa shape index (κ2) is 13.9. The van der Waals surface area contributed by atoms with E-state index in [0.717, 1.165) is 0 Å². The largest absolute Gasteiger partial charge is 0.393 e. The van der Waals surface area contributed by atoms with Gasteiger partial charge in [-0.05, 0) is 31.6 Å². The normalized spacial score (nSPS) is 42.1. The fourth-order valence-electron chi connectivity index (χ4n) is 5.45. The van der Waals surface area contributed by atoms with Crippen LogP contribution in [0.4, 0.5) is 0 Å². The summed E-state index contributed by atoms with van der Waals surface area (Å²) in [4.78, 5) is 13.4. The van der Waals surface area contributed by atoms with Crippen LogP contribution in [0.25, 0.3) is 0 Å². The number of aliphatic hydroxyl groups excluding tert-OH is 5. The van der Waals surface area contributed by atoms with Crippen LogP contribution < -0.4 is 11.1 Å². The van der Waals surface area contributed by atoms with Crippen LogP contribution >= 0.6 is 0 Å². The van der Waals surface area contributed by atoms with Gasteiger partial charge in [0.25, 0.3) is 0 Å². The average molecular weight is 575 g/mol. The summed E-state index contributed by atoms with van der Waals surface area (Å²) >= 11 is 0. The summed E-state index contributed by atoms with van der Waals surface area (Å²) in [6.07, 6.45) is -4.85. The first-order chi connectivity index (χ1) is 18.6. The molecule has 1 amide bonds. The number of allylic oxidation sites excluding steroid dienone is 1. The lowest BCUT2D eigenvalue weighted by Gasteiger charge is -2.46. The van der Waals surface area contributed by atoms with Crippen LogP contribution in [-0.2, 0) is 19.0 Å². The maximum Gasteiger partial charge on any atom is 0.228 e. The number of nitrogens with two attached hydrogens (primary N) is 1. The summed E-state index contributed by atoms with van der Waals surface area (Å²) < 4.78 is 17.9. The molecule has 3 aliphatic rings. The Morgan fingerprint density at radius 3 is 2.35 bits per heavy atom. The summed E-state index contributed by atoms with van der Waals surface area (Å²) in [5, 5.41) is 66.3. The van der Waals surface area contributed by atoms with Gasteiger partial charge in [-0.15, -0.1) is 0 Å². The molecule has 1 aliphatic carbocycles. The highest BCUT2D eigenvalue weighted by Crippen LogP contribution is 2.38. The molecule has 232 valence electrons. The number of carbonyl (C=O) groups is 1. The smallest absolute Gasteiger partial charge is 0.228 e. The van der Waals surface area contributed by atoms with E-state index in [2.05, 4.69) is 5.32 Å². The molecule has 2 saturated heterocycles. The Morgan fingerprint density at radius 2 is 1.77 bits per heavy atom. The van der Waals surface area contributed by atoms with Gasteiger partial charge < -0.3 is 55.9 Å². The number of rotatable bonds is 11. The molecule has 40 heavy (non-hydrogen) atoms. The lowest BCUT2D eigenvalue weighted by atomic mass is 9.81. The highest BCUT2D eigenvalue weighted by atomic mass is 16.7. The molecule has 5 unspecified atom stereocenters. The van der Waals surface area contributed by atoms with Crippen LogP contribution in [-0.4, -0.2) is 110 Å². The van der Waals surface area contributed by atoms with Crippen LogP contribution in [0.3, 0.4) is 0 Å². The molecule has 11 atom stereocenters. The van der Waals surface area contributed by atoms with Crippen molar-refractivity contribution in [2.45, 2.75) is 140 Å². The summed E-state index contributed by atoms with van der Waals surface area (Å²) in [6.45, 7) is 9.14. The van der Waals surface area contributed by atoms with Crippen molar-refractivity contribution in [2.75, 3.05) is 0 Å². The summed E-state index contributed by atoms with van der Waals surface area (Å²) in [7, 11) is 0. The molecule has 0 aromatic heterocycles. The molecule has 0 bridgehead atoms. The number of nitrogens with one attached hydrogen (secondary N) is 1. The Bertz CT molecular complexity index is 853. The van der Waals surface area contributed by atoms with Gasteiger partial charge in [0.15, 0.2) is 12.1 Å². The van der Waals surface area contributed by atoms with E-state index in [1.165, 1.54) is 0 Å². The van der Waals surface area contributed by atoms with Crippen molar-refractivity contribution in [2.24, 2.45) is 23.5 Å². The van der Waals surface area contributed by atoms with Gasteiger partial charge in [-0.1, -0.05) is 39.8 Å². The van der Waals surface area contributed by atoms with E-state index in [9.17, 15) is 35.4 Å². The Balaban J connectivity index is 1.86. The van der Waals surface area contributed by atoms with Crippen molar-refractivity contribution in [3.8, 4) is 0 Å². The first-order valence-corrected chi connectivity index (χ1v) is 14.5. The third-order valence-electron chi connectivity index (χ3n) is 8.16. The van der Waals surface area contributed by atoms with E-state index >= 15 is 0 Å². The molecule has 9 N–H and O–H groups in total. The molecule has 0 spiro atoms. The molecular weight excluding hydrogens is 524 g/mol. The van der Waals surface area contributed by atoms with Gasteiger partial charge in [0.05, 0.1) is 54.7 Å². The number of ether oxygens (including phenoxy) is 3. The van der Waals surface area contributed by atoms with Crippen molar-refractivity contribution in [3.63, 3.8) is 0 Å². The van der Waals surface area contributed by atoms with E-state index in [0.29, 0.717) is 12.8 Å². The van der Waals surface area contributed by atoms with Crippen LogP contribution in [0.2, 0.25) is 0 Å². The van der Waals surface area contributed by atoms with Gasteiger partial charge in [-0.2, -0.15) is 0 Å².